The zero-order valence-electron chi connectivity index (χ0n) is 15.5. The molecule has 1 aromatic carbocycles. The van der Waals surface area contributed by atoms with E-state index in [0.717, 1.165) is 11.4 Å². The first-order valence-corrected chi connectivity index (χ1v) is 9.27. The highest BCUT2D eigenvalue weighted by Crippen LogP contribution is 2.28. The molecule has 1 N–H and O–H groups in total. The largest absolute Gasteiger partial charge is 0.481 e. The van der Waals surface area contributed by atoms with E-state index < -0.39 is 11.9 Å². The number of carboxylic acid groups (broad SMARTS) is 1. The summed E-state index contributed by atoms with van der Waals surface area (Å²) in [7, 11) is 0. The molecule has 1 aliphatic heterocycles. The highest BCUT2D eigenvalue weighted by atomic mass is 16.4. The van der Waals surface area contributed by atoms with Crippen molar-refractivity contribution in [2.45, 2.75) is 19.8 Å². The number of amides is 1. The Morgan fingerprint density at radius 2 is 1.96 bits per heavy atom. The van der Waals surface area contributed by atoms with Crippen LogP contribution in [0.3, 0.4) is 0 Å². The van der Waals surface area contributed by atoms with Crippen LogP contribution in [0.4, 0.5) is 0 Å². The van der Waals surface area contributed by atoms with E-state index in [1.165, 1.54) is 0 Å². The molecule has 0 radical (unpaired) electrons. The van der Waals surface area contributed by atoms with Gasteiger partial charge in [0.05, 0.1) is 17.2 Å². The van der Waals surface area contributed by atoms with Gasteiger partial charge in [0.15, 0.2) is 5.76 Å². The third kappa shape index (κ3) is 3.43. The molecule has 28 heavy (non-hydrogen) atoms. The molecule has 144 valence electrons. The van der Waals surface area contributed by atoms with Gasteiger partial charge in [-0.2, -0.15) is 5.10 Å². The second kappa shape index (κ2) is 7.34. The van der Waals surface area contributed by atoms with Crippen molar-refractivity contribution in [3.8, 4) is 17.1 Å². The lowest BCUT2D eigenvalue weighted by Gasteiger charge is -2.30. The van der Waals surface area contributed by atoms with Gasteiger partial charge in [0.2, 0.25) is 0 Å². The summed E-state index contributed by atoms with van der Waals surface area (Å²) < 4.78 is 7.37. The van der Waals surface area contributed by atoms with Crippen LogP contribution < -0.4 is 0 Å². The number of furan rings is 1. The predicted molar refractivity (Wildman–Crippen MR) is 102 cm³/mol. The number of aromatic nitrogens is 2. The molecule has 3 aromatic rings. The molecular formula is C21H21N3O4. The smallest absolute Gasteiger partial charge is 0.308 e. The molecule has 0 bridgehead atoms. The molecule has 7 heteroatoms. The molecule has 0 saturated carbocycles. The number of carbonyl (C=O) groups is 2. The van der Waals surface area contributed by atoms with E-state index in [9.17, 15) is 14.7 Å². The van der Waals surface area contributed by atoms with Crippen LogP contribution in [0.15, 0.2) is 53.1 Å². The van der Waals surface area contributed by atoms with E-state index >= 15 is 0 Å². The van der Waals surface area contributed by atoms with Gasteiger partial charge in [0.1, 0.15) is 11.5 Å². The molecule has 1 aliphatic rings. The Hall–Kier alpha value is -3.35. The average molecular weight is 379 g/mol. The quantitative estimate of drug-likeness (QED) is 0.751. The monoisotopic (exact) mass is 379 g/mol. The van der Waals surface area contributed by atoms with Gasteiger partial charge >= 0.3 is 5.97 Å². The number of hydrogen-bond donors (Lipinski definition) is 1. The molecular weight excluding hydrogens is 358 g/mol. The number of nitrogens with zero attached hydrogens (tertiary/aromatic N) is 3. The maximum atomic E-state index is 13.3. The first-order valence-electron chi connectivity index (χ1n) is 9.27. The summed E-state index contributed by atoms with van der Waals surface area (Å²) >= 11 is 0. The third-order valence-electron chi connectivity index (χ3n) is 5.00. The Labute approximate surface area is 162 Å². The Morgan fingerprint density at radius 3 is 2.64 bits per heavy atom. The van der Waals surface area contributed by atoms with Gasteiger partial charge in [-0.05, 0) is 44.0 Å². The van der Waals surface area contributed by atoms with Crippen LogP contribution in [-0.2, 0) is 4.79 Å². The molecule has 1 atom stereocenters. The Balaban J connectivity index is 1.73. The van der Waals surface area contributed by atoms with Crippen molar-refractivity contribution in [3.63, 3.8) is 0 Å². The molecule has 0 aliphatic carbocycles. The van der Waals surface area contributed by atoms with E-state index in [2.05, 4.69) is 5.10 Å². The van der Waals surface area contributed by atoms with Crippen molar-refractivity contribution in [2.75, 3.05) is 13.1 Å². The van der Waals surface area contributed by atoms with Crippen LogP contribution in [0.2, 0.25) is 0 Å². The lowest BCUT2D eigenvalue weighted by atomic mass is 9.97. The normalized spacial score (nSPS) is 16.9. The molecule has 1 amide bonds. The molecule has 4 rings (SSSR count). The minimum absolute atomic E-state index is 0.210. The van der Waals surface area contributed by atoms with Crippen molar-refractivity contribution in [1.29, 1.82) is 0 Å². The summed E-state index contributed by atoms with van der Waals surface area (Å²) in [5.41, 5.74) is 1.69. The number of piperidine rings is 1. The molecule has 1 saturated heterocycles. The first kappa shape index (κ1) is 18.0. The van der Waals surface area contributed by atoms with Crippen molar-refractivity contribution in [1.82, 2.24) is 14.7 Å². The van der Waals surface area contributed by atoms with Crippen LogP contribution >= 0.6 is 0 Å². The number of benzene rings is 1. The van der Waals surface area contributed by atoms with Crippen LogP contribution in [0.5, 0.6) is 0 Å². The zero-order valence-corrected chi connectivity index (χ0v) is 15.5. The minimum Gasteiger partial charge on any atom is -0.481 e. The van der Waals surface area contributed by atoms with E-state index in [0.29, 0.717) is 36.4 Å². The minimum atomic E-state index is -0.862. The maximum absolute atomic E-state index is 13.3. The summed E-state index contributed by atoms with van der Waals surface area (Å²) in [5.74, 6) is -0.373. The number of rotatable bonds is 4. The fourth-order valence-electron chi connectivity index (χ4n) is 3.52. The number of likely N-dealkylation sites (tertiary alicyclic amines) is 1. The fraction of sp³-hybridized carbons (Fsp3) is 0.286. The fourth-order valence-corrected chi connectivity index (χ4v) is 3.52. The molecule has 1 fully saturated rings. The van der Waals surface area contributed by atoms with Crippen molar-refractivity contribution < 1.29 is 19.1 Å². The Morgan fingerprint density at radius 1 is 1.18 bits per heavy atom. The number of para-hydroxylation sites is 1. The Kier molecular flexibility index (Phi) is 4.73. The van der Waals surface area contributed by atoms with Crippen molar-refractivity contribution in [3.05, 3.63) is 60.0 Å². The molecule has 0 unspecified atom stereocenters. The van der Waals surface area contributed by atoms with Crippen LogP contribution in [0, 0.1) is 12.8 Å². The van der Waals surface area contributed by atoms with Crippen LogP contribution in [0.1, 0.15) is 29.0 Å². The van der Waals surface area contributed by atoms with Gasteiger partial charge in [-0.1, -0.05) is 18.2 Å². The number of carbonyl (C=O) groups excluding carboxylic acids is 1. The zero-order chi connectivity index (χ0) is 19.7. The van der Waals surface area contributed by atoms with Gasteiger partial charge < -0.3 is 14.4 Å². The van der Waals surface area contributed by atoms with Gasteiger partial charge in [-0.3, -0.25) is 9.59 Å². The maximum Gasteiger partial charge on any atom is 0.308 e. The average Bonchev–Trinajstić information content (AvgIpc) is 3.34. The second-order valence-corrected chi connectivity index (χ2v) is 7.01. The van der Waals surface area contributed by atoms with E-state index in [1.807, 2.05) is 43.3 Å². The highest BCUT2D eigenvalue weighted by molar-refractivity contribution is 5.99. The van der Waals surface area contributed by atoms with Crippen LogP contribution in [-0.4, -0.2) is 44.8 Å². The van der Waals surface area contributed by atoms with Crippen molar-refractivity contribution in [2.24, 2.45) is 5.92 Å². The van der Waals surface area contributed by atoms with Gasteiger partial charge in [0, 0.05) is 19.3 Å². The van der Waals surface area contributed by atoms with Crippen LogP contribution in [0.25, 0.3) is 17.1 Å². The molecule has 0 spiro atoms. The summed E-state index contributed by atoms with van der Waals surface area (Å²) in [6.45, 7) is 2.58. The summed E-state index contributed by atoms with van der Waals surface area (Å²) in [6, 6.07) is 13.1. The number of aryl methyl sites for hydroxylation is 1. The lowest BCUT2D eigenvalue weighted by molar-refractivity contribution is -0.143. The molecule has 2 aromatic heterocycles. The van der Waals surface area contributed by atoms with Gasteiger partial charge in [-0.25, -0.2) is 4.68 Å². The third-order valence-corrected chi connectivity index (χ3v) is 5.00. The lowest BCUT2D eigenvalue weighted by Crippen LogP contribution is -2.42. The SMILES string of the molecule is Cc1ccc(-c2nn(-c3ccccc3)cc2C(=O)N2CCC[C@H](C(=O)O)C2)o1. The topological polar surface area (TPSA) is 88.6 Å². The van der Waals surface area contributed by atoms with Crippen molar-refractivity contribution >= 4 is 11.9 Å². The van der Waals surface area contributed by atoms with Gasteiger partial charge in [0.25, 0.3) is 5.91 Å². The molecule has 3 heterocycles. The number of carboxylic acids is 1. The number of hydrogen-bond acceptors (Lipinski definition) is 4. The second-order valence-electron chi connectivity index (χ2n) is 7.01. The summed E-state index contributed by atoms with van der Waals surface area (Å²) in [5, 5.41) is 13.9. The van der Waals surface area contributed by atoms with Gasteiger partial charge in [-0.15, -0.1) is 0 Å². The predicted octanol–water partition coefficient (Wildman–Crippen LogP) is 3.38. The van der Waals surface area contributed by atoms with E-state index in [-0.39, 0.29) is 12.5 Å². The summed E-state index contributed by atoms with van der Waals surface area (Å²) in [4.78, 5) is 26.2. The van der Waals surface area contributed by atoms with E-state index in [4.69, 9.17) is 4.42 Å². The number of aliphatic carboxylic acids is 1. The first-order chi connectivity index (χ1) is 13.5. The standard InChI is InChI=1S/C21H21N3O4/c1-14-9-10-18(28-14)19-17(13-24(22-19)16-7-3-2-4-8-16)20(25)23-11-5-6-15(12-23)21(26)27/h2-4,7-10,13,15H,5-6,11-12H2,1H3,(H,26,27)/t15-/m0/s1. The Bertz CT molecular complexity index is 1010. The summed E-state index contributed by atoms with van der Waals surface area (Å²) in [6.07, 6.45) is 2.95. The highest BCUT2D eigenvalue weighted by Gasteiger charge is 2.31. The van der Waals surface area contributed by atoms with E-state index in [1.54, 1.807) is 21.8 Å². The molecule has 7 nitrogen and oxygen atoms in total.